The van der Waals surface area contributed by atoms with E-state index in [4.69, 9.17) is 10.5 Å². The van der Waals surface area contributed by atoms with E-state index in [1.54, 1.807) is 19.1 Å². The van der Waals surface area contributed by atoms with Crippen LogP contribution in [0.4, 0.5) is 0 Å². The number of nitrogens with one attached hydrogen (secondary N) is 1. The molecule has 0 amide bonds. The monoisotopic (exact) mass is 231 g/mol. The molecule has 1 aromatic rings. The van der Waals surface area contributed by atoms with Gasteiger partial charge in [0, 0.05) is 5.69 Å². The zero-order valence-electron chi connectivity index (χ0n) is 9.24. The first-order valence-corrected chi connectivity index (χ1v) is 4.56. The van der Waals surface area contributed by atoms with Crippen molar-refractivity contribution in [2.75, 3.05) is 7.11 Å². The molecule has 0 aliphatic heterocycles. The first-order valence-electron chi connectivity index (χ1n) is 4.56. The Morgan fingerprint density at radius 3 is 2.53 bits per heavy atom. The largest absolute Gasteiger partial charge is 0.505 e. The summed E-state index contributed by atoms with van der Waals surface area (Å²) in [6, 6.07) is 3.30. The number of nitriles is 2. The third-order valence-electron chi connectivity index (χ3n) is 2.11. The zero-order chi connectivity index (χ0) is 13.0. The number of carbonyl (C=O) groups is 1. The number of carbonyl (C=O) groups excluding carboxylic acids is 1. The molecule has 0 radical (unpaired) electrons. The molecule has 0 fully saturated rings. The molecule has 0 atom stereocenters. The van der Waals surface area contributed by atoms with Crippen molar-refractivity contribution < 1.29 is 14.6 Å². The van der Waals surface area contributed by atoms with Crippen LogP contribution in [0.15, 0.2) is 5.57 Å². The highest BCUT2D eigenvalue weighted by Gasteiger charge is 2.20. The number of H-pyrrole nitrogens is 1. The maximum Gasteiger partial charge on any atom is 0.343 e. The van der Waals surface area contributed by atoms with Crippen LogP contribution in [0.1, 0.15) is 21.7 Å². The van der Waals surface area contributed by atoms with Gasteiger partial charge >= 0.3 is 5.97 Å². The Bertz CT molecular complexity index is 554. The van der Waals surface area contributed by atoms with E-state index < -0.39 is 5.97 Å². The first kappa shape index (κ1) is 12.3. The minimum atomic E-state index is -0.689. The molecule has 0 spiro atoms. The van der Waals surface area contributed by atoms with Gasteiger partial charge in [-0.3, -0.25) is 0 Å². The van der Waals surface area contributed by atoms with Gasteiger partial charge in [-0.15, -0.1) is 0 Å². The van der Waals surface area contributed by atoms with Gasteiger partial charge in [0.05, 0.1) is 12.8 Å². The third kappa shape index (κ3) is 2.27. The van der Waals surface area contributed by atoms with Crippen LogP contribution in [0.2, 0.25) is 0 Å². The number of hydrogen-bond acceptors (Lipinski definition) is 5. The van der Waals surface area contributed by atoms with Crippen molar-refractivity contribution in [1.29, 1.82) is 10.5 Å². The van der Waals surface area contributed by atoms with Crippen molar-refractivity contribution in [2.45, 2.75) is 6.92 Å². The van der Waals surface area contributed by atoms with Crippen LogP contribution in [0.5, 0.6) is 5.75 Å². The van der Waals surface area contributed by atoms with Gasteiger partial charge in [-0.1, -0.05) is 0 Å². The number of ether oxygens (including phenoxy) is 1. The van der Waals surface area contributed by atoms with Crippen molar-refractivity contribution in [3.8, 4) is 17.9 Å². The molecule has 2 N–H and O–H groups in total. The molecule has 0 aliphatic rings. The number of esters is 1. The summed E-state index contributed by atoms with van der Waals surface area (Å²) >= 11 is 0. The highest BCUT2D eigenvalue weighted by atomic mass is 16.5. The van der Waals surface area contributed by atoms with Crippen LogP contribution < -0.4 is 0 Å². The topological polar surface area (TPSA) is 110 Å². The minimum absolute atomic E-state index is 0.00557. The van der Waals surface area contributed by atoms with Crippen LogP contribution in [0.25, 0.3) is 6.08 Å². The maximum absolute atomic E-state index is 11.3. The maximum atomic E-state index is 11.3. The molecule has 86 valence electrons. The van der Waals surface area contributed by atoms with Crippen LogP contribution in [-0.2, 0) is 4.74 Å². The quantitative estimate of drug-likeness (QED) is 0.587. The standard InChI is InChI=1S/C11H9N3O3/c1-6-9(11(16)17-2)10(15)8(14-6)3-7(4-12)5-13/h3,14-15H,1-2H3. The van der Waals surface area contributed by atoms with Crippen LogP contribution in [0.3, 0.4) is 0 Å². The molecular weight excluding hydrogens is 222 g/mol. The molecule has 0 saturated heterocycles. The van der Waals surface area contributed by atoms with Crippen molar-refractivity contribution >= 4 is 12.0 Å². The second-order valence-corrected chi connectivity index (χ2v) is 3.16. The molecule has 0 aromatic carbocycles. The summed E-state index contributed by atoms with van der Waals surface area (Å²) < 4.78 is 4.50. The van der Waals surface area contributed by atoms with E-state index in [9.17, 15) is 9.90 Å². The molecule has 0 saturated carbocycles. The second-order valence-electron chi connectivity index (χ2n) is 3.16. The van der Waals surface area contributed by atoms with Gasteiger partial charge in [0.1, 0.15) is 23.3 Å². The number of hydrogen-bond donors (Lipinski definition) is 2. The summed E-state index contributed by atoms with van der Waals surface area (Å²) in [5, 5.41) is 26.9. The Morgan fingerprint density at radius 1 is 1.47 bits per heavy atom. The smallest absolute Gasteiger partial charge is 0.343 e. The van der Waals surface area contributed by atoms with Crippen LogP contribution in [0, 0.1) is 29.6 Å². The number of aryl methyl sites for hydroxylation is 1. The molecule has 0 unspecified atom stereocenters. The second kappa shape index (κ2) is 4.86. The van der Waals surface area contributed by atoms with Gasteiger partial charge in [0.25, 0.3) is 0 Å². The van der Waals surface area contributed by atoms with Crippen LogP contribution in [-0.4, -0.2) is 23.2 Å². The Hall–Kier alpha value is -2.73. The third-order valence-corrected chi connectivity index (χ3v) is 2.11. The summed E-state index contributed by atoms with van der Waals surface area (Å²) in [5.41, 5.74) is 0.337. The number of nitrogens with zero attached hydrogens (tertiary/aromatic N) is 2. The normalized spacial score (nSPS) is 8.94. The van der Waals surface area contributed by atoms with Gasteiger partial charge < -0.3 is 14.8 Å². The van der Waals surface area contributed by atoms with E-state index in [0.29, 0.717) is 5.69 Å². The fourth-order valence-corrected chi connectivity index (χ4v) is 1.33. The highest BCUT2D eigenvalue weighted by molar-refractivity contribution is 5.95. The molecule has 0 aliphatic carbocycles. The Kier molecular flexibility index (Phi) is 3.53. The molecule has 6 heteroatoms. The lowest BCUT2D eigenvalue weighted by Gasteiger charge is -1.97. The fourth-order valence-electron chi connectivity index (χ4n) is 1.33. The summed E-state index contributed by atoms with van der Waals surface area (Å²) in [6.45, 7) is 1.57. The summed E-state index contributed by atoms with van der Waals surface area (Å²) in [6.07, 6.45) is 1.16. The predicted molar refractivity (Wildman–Crippen MR) is 57.7 cm³/mol. The SMILES string of the molecule is COC(=O)c1c(C)[nH]c(C=C(C#N)C#N)c1O. The minimum Gasteiger partial charge on any atom is -0.505 e. The highest BCUT2D eigenvalue weighted by Crippen LogP contribution is 2.28. The fraction of sp³-hybridized carbons (Fsp3) is 0.182. The van der Waals surface area contributed by atoms with Gasteiger partial charge in [-0.2, -0.15) is 10.5 Å². The Balaban J connectivity index is 3.33. The van der Waals surface area contributed by atoms with Crippen molar-refractivity contribution in [2.24, 2.45) is 0 Å². The summed E-state index contributed by atoms with van der Waals surface area (Å²) in [7, 11) is 1.19. The van der Waals surface area contributed by atoms with Gasteiger partial charge in [-0.05, 0) is 13.0 Å². The number of methoxy groups -OCH3 is 1. The van der Waals surface area contributed by atoms with E-state index >= 15 is 0 Å². The lowest BCUT2D eigenvalue weighted by Crippen LogP contribution is -2.01. The van der Waals surface area contributed by atoms with Crippen molar-refractivity contribution in [1.82, 2.24) is 4.98 Å². The van der Waals surface area contributed by atoms with Gasteiger partial charge in [0.2, 0.25) is 0 Å². The lowest BCUT2D eigenvalue weighted by molar-refractivity contribution is 0.0597. The van der Waals surface area contributed by atoms with E-state index in [-0.39, 0.29) is 22.6 Å². The van der Waals surface area contributed by atoms with Gasteiger partial charge in [0.15, 0.2) is 5.75 Å². The first-order chi connectivity index (χ1) is 8.04. The van der Waals surface area contributed by atoms with E-state index in [2.05, 4.69) is 9.72 Å². The number of allylic oxidation sites excluding steroid dienone is 1. The number of aromatic amines is 1. The molecule has 1 heterocycles. The average Bonchev–Trinajstić information content (AvgIpc) is 2.60. The lowest BCUT2D eigenvalue weighted by atomic mass is 10.2. The molecule has 0 bridgehead atoms. The number of aromatic nitrogens is 1. The Morgan fingerprint density at radius 2 is 2.06 bits per heavy atom. The number of rotatable bonds is 2. The molecule has 17 heavy (non-hydrogen) atoms. The molecule has 1 rings (SSSR count). The van der Waals surface area contributed by atoms with E-state index in [1.165, 1.54) is 7.11 Å². The Labute approximate surface area is 97.4 Å². The van der Waals surface area contributed by atoms with Gasteiger partial charge in [-0.25, -0.2) is 4.79 Å². The molecule has 6 nitrogen and oxygen atoms in total. The van der Waals surface area contributed by atoms with Crippen molar-refractivity contribution in [3.63, 3.8) is 0 Å². The van der Waals surface area contributed by atoms with E-state index in [1.807, 2.05) is 0 Å². The predicted octanol–water partition coefficient (Wildman–Crippen LogP) is 1.25. The molecular formula is C11H9N3O3. The summed E-state index contributed by atoms with van der Waals surface area (Å²) in [4.78, 5) is 14.0. The summed E-state index contributed by atoms with van der Waals surface area (Å²) in [5.74, 6) is -1.02. The number of aromatic hydroxyl groups is 1. The van der Waals surface area contributed by atoms with Crippen LogP contribution >= 0.6 is 0 Å². The van der Waals surface area contributed by atoms with E-state index in [0.717, 1.165) is 6.08 Å². The van der Waals surface area contributed by atoms with Crippen molar-refractivity contribution in [3.05, 3.63) is 22.5 Å². The average molecular weight is 231 g/mol. The zero-order valence-corrected chi connectivity index (χ0v) is 9.24. The molecule has 1 aromatic heterocycles.